The quantitative estimate of drug-likeness (QED) is 0.461. The van der Waals surface area contributed by atoms with Gasteiger partial charge in [-0.05, 0) is 36.4 Å². The van der Waals surface area contributed by atoms with Crippen LogP contribution >= 0.6 is 27.5 Å². The molecular weight excluding hydrogens is 368 g/mol. The van der Waals surface area contributed by atoms with Crippen LogP contribution in [0, 0.1) is 0 Å². The van der Waals surface area contributed by atoms with Crippen molar-refractivity contribution < 1.29 is 13.9 Å². The normalized spacial score (nSPS) is 10.9. The lowest BCUT2D eigenvalue weighted by molar-refractivity contribution is 0.101. The van der Waals surface area contributed by atoms with Gasteiger partial charge < -0.3 is 9.15 Å². The Kier molecular flexibility index (Phi) is 4.23. The second kappa shape index (κ2) is 6.15. The summed E-state index contributed by atoms with van der Waals surface area (Å²) in [7, 11) is 1.59. The number of ether oxygens (including phenoxy) is 1. The third-order valence-corrected chi connectivity index (χ3v) is 4.26. The van der Waals surface area contributed by atoms with Gasteiger partial charge in [0.2, 0.25) is 5.78 Å². The number of carbonyl (C=O) groups is 1. The molecule has 0 spiro atoms. The van der Waals surface area contributed by atoms with Crippen LogP contribution in [0.3, 0.4) is 0 Å². The number of benzene rings is 2. The molecule has 3 aromatic rings. The highest BCUT2D eigenvalue weighted by Gasteiger charge is 2.21. The molecule has 0 aliphatic carbocycles. The van der Waals surface area contributed by atoms with Crippen LogP contribution in [0.1, 0.15) is 21.7 Å². The van der Waals surface area contributed by atoms with Gasteiger partial charge in [-0.15, -0.1) is 0 Å². The first-order chi connectivity index (χ1) is 10.6. The van der Waals surface area contributed by atoms with E-state index < -0.39 is 0 Å². The Labute approximate surface area is 141 Å². The maximum absolute atomic E-state index is 12.7. The van der Waals surface area contributed by atoms with Crippen molar-refractivity contribution in [1.82, 2.24) is 0 Å². The van der Waals surface area contributed by atoms with Gasteiger partial charge in [-0.3, -0.25) is 4.79 Å². The molecule has 0 atom stereocenters. The number of alkyl halides is 1. The van der Waals surface area contributed by atoms with Gasteiger partial charge in [0.15, 0.2) is 5.76 Å². The monoisotopic (exact) mass is 378 g/mol. The summed E-state index contributed by atoms with van der Waals surface area (Å²) in [5, 5.41) is 2.02. The van der Waals surface area contributed by atoms with Crippen LogP contribution in [0.15, 0.2) is 46.9 Å². The number of hydrogen-bond acceptors (Lipinski definition) is 3. The molecule has 1 heterocycles. The highest BCUT2D eigenvalue weighted by molar-refractivity contribution is 9.08. The average Bonchev–Trinajstić information content (AvgIpc) is 2.92. The molecule has 0 saturated carbocycles. The number of rotatable bonds is 4. The van der Waals surface area contributed by atoms with E-state index in [-0.39, 0.29) is 5.78 Å². The molecule has 2 aromatic carbocycles. The minimum absolute atomic E-state index is 0.165. The van der Waals surface area contributed by atoms with E-state index in [1.54, 1.807) is 37.4 Å². The third-order valence-electron chi connectivity index (χ3n) is 3.45. The van der Waals surface area contributed by atoms with Gasteiger partial charge in [0, 0.05) is 32.9 Å². The molecular formula is C17H12BrClO3. The van der Waals surface area contributed by atoms with Gasteiger partial charge in [0.1, 0.15) is 11.3 Å². The number of fused-ring (bicyclic) bond motifs is 1. The molecule has 0 fully saturated rings. The van der Waals surface area contributed by atoms with Gasteiger partial charge in [-0.2, -0.15) is 0 Å². The number of hydrogen-bond donors (Lipinski definition) is 0. The van der Waals surface area contributed by atoms with Crippen molar-refractivity contribution in [2.75, 3.05) is 7.11 Å². The maximum atomic E-state index is 12.7. The predicted octanol–water partition coefficient (Wildman–Crippen LogP) is 5.22. The first-order valence-corrected chi connectivity index (χ1v) is 8.09. The van der Waals surface area contributed by atoms with E-state index in [0.717, 1.165) is 10.9 Å². The Morgan fingerprint density at radius 2 is 1.95 bits per heavy atom. The molecule has 3 rings (SSSR count). The van der Waals surface area contributed by atoms with Crippen LogP contribution in [-0.4, -0.2) is 12.9 Å². The van der Waals surface area contributed by atoms with E-state index in [2.05, 4.69) is 15.9 Å². The van der Waals surface area contributed by atoms with Gasteiger partial charge in [-0.25, -0.2) is 0 Å². The molecule has 0 unspecified atom stereocenters. The fourth-order valence-corrected chi connectivity index (χ4v) is 2.99. The van der Waals surface area contributed by atoms with E-state index in [1.165, 1.54) is 0 Å². The van der Waals surface area contributed by atoms with Crippen molar-refractivity contribution in [2.24, 2.45) is 0 Å². The minimum atomic E-state index is -0.165. The van der Waals surface area contributed by atoms with Crippen molar-refractivity contribution in [1.29, 1.82) is 0 Å². The van der Waals surface area contributed by atoms with E-state index in [9.17, 15) is 4.79 Å². The molecule has 5 heteroatoms. The third kappa shape index (κ3) is 2.64. The molecule has 0 N–H and O–H groups in total. The summed E-state index contributed by atoms with van der Waals surface area (Å²) < 4.78 is 11.0. The summed E-state index contributed by atoms with van der Waals surface area (Å²) in [4.78, 5) is 12.7. The molecule has 3 nitrogen and oxygen atoms in total. The number of ketones is 1. The van der Waals surface area contributed by atoms with Gasteiger partial charge in [0.25, 0.3) is 0 Å². The molecule has 1 aromatic heterocycles. The summed E-state index contributed by atoms with van der Waals surface area (Å²) in [6.07, 6.45) is 0. The summed E-state index contributed by atoms with van der Waals surface area (Å²) in [5.41, 5.74) is 2.00. The predicted molar refractivity (Wildman–Crippen MR) is 90.3 cm³/mol. The average molecular weight is 380 g/mol. The van der Waals surface area contributed by atoms with E-state index in [1.807, 2.05) is 12.1 Å². The smallest absolute Gasteiger partial charge is 0.228 e. The number of carbonyl (C=O) groups excluding carboxylic acids is 1. The topological polar surface area (TPSA) is 39.4 Å². The SMILES string of the molecule is COc1ccc2c(CBr)c(C(=O)c3ccc(Cl)cc3)oc2c1. The maximum Gasteiger partial charge on any atom is 0.228 e. The minimum Gasteiger partial charge on any atom is -0.497 e. The number of furan rings is 1. The first kappa shape index (κ1) is 15.1. The Morgan fingerprint density at radius 1 is 1.23 bits per heavy atom. The number of halogens is 2. The van der Waals surface area contributed by atoms with Crippen molar-refractivity contribution in [3.8, 4) is 5.75 Å². The molecule has 0 saturated heterocycles. The molecule has 22 heavy (non-hydrogen) atoms. The van der Waals surface area contributed by atoms with Gasteiger partial charge in [0.05, 0.1) is 7.11 Å². The fraction of sp³-hybridized carbons (Fsp3) is 0.118. The van der Waals surface area contributed by atoms with Crippen LogP contribution in [0.4, 0.5) is 0 Å². The van der Waals surface area contributed by atoms with Gasteiger partial charge >= 0.3 is 0 Å². The number of methoxy groups -OCH3 is 1. The zero-order valence-electron chi connectivity index (χ0n) is 11.7. The van der Waals surface area contributed by atoms with E-state index in [4.69, 9.17) is 20.8 Å². The van der Waals surface area contributed by atoms with Crippen molar-refractivity contribution in [3.63, 3.8) is 0 Å². The van der Waals surface area contributed by atoms with Gasteiger partial charge in [-0.1, -0.05) is 27.5 Å². The van der Waals surface area contributed by atoms with Crippen molar-refractivity contribution >= 4 is 44.3 Å². The highest BCUT2D eigenvalue weighted by Crippen LogP contribution is 2.32. The van der Waals surface area contributed by atoms with Crippen molar-refractivity contribution in [3.05, 3.63) is 64.4 Å². The Hall–Kier alpha value is -1.78. The zero-order chi connectivity index (χ0) is 15.7. The molecule has 0 aliphatic heterocycles. The Bertz CT molecular complexity index is 837. The first-order valence-electron chi connectivity index (χ1n) is 6.59. The van der Waals surface area contributed by atoms with Crippen molar-refractivity contribution in [2.45, 2.75) is 5.33 Å². The second-order valence-corrected chi connectivity index (χ2v) is 5.74. The van der Waals surface area contributed by atoms with Crippen LogP contribution in [0.5, 0.6) is 5.75 Å². The standard InChI is InChI=1S/C17H12BrClO3/c1-21-12-6-7-13-14(9-18)17(22-15(13)8-12)16(20)10-2-4-11(19)5-3-10/h2-8H,9H2,1H3. The molecule has 112 valence electrons. The second-order valence-electron chi connectivity index (χ2n) is 4.74. The molecule has 0 amide bonds. The van der Waals surface area contributed by atoms with E-state index in [0.29, 0.717) is 33.0 Å². The van der Waals surface area contributed by atoms with Crippen LogP contribution in [0.2, 0.25) is 5.02 Å². The summed E-state index contributed by atoms with van der Waals surface area (Å²) >= 11 is 9.29. The van der Waals surface area contributed by atoms with Crippen LogP contribution in [0.25, 0.3) is 11.0 Å². The highest BCUT2D eigenvalue weighted by atomic mass is 79.9. The summed E-state index contributed by atoms with van der Waals surface area (Å²) in [6, 6.07) is 12.3. The molecule has 0 bridgehead atoms. The van der Waals surface area contributed by atoms with Crippen LogP contribution < -0.4 is 4.74 Å². The van der Waals surface area contributed by atoms with Crippen LogP contribution in [-0.2, 0) is 5.33 Å². The Morgan fingerprint density at radius 3 is 2.59 bits per heavy atom. The lowest BCUT2D eigenvalue weighted by atomic mass is 10.0. The molecule has 0 aliphatic rings. The lowest BCUT2D eigenvalue weighted by Crippen LogP contribution is -2.02. The molecule has 0 radical (unpaired) electrons. The zero-order valence-corrected chi connectivity index (χ0v) is 14.1. The summed E-state index contributed by atoms with van der Waals surface area (Å²) in [6.45, 7) is 0. The fourth-order valence-electron chi connectivity index (χ4n) is 2.31. The largest absolute Gasteiger partial charge is 0.497 e. The Balaban J connectivity index is 2.13. The van der Waals surface area contributed by atoms with E-state index >= 15 is 0 Å². The lowest BCUT2D eigenvalue weighted by Gasteiger charge is -2.00. The summed E-state index contributed by atoms with van der Waals surface area (Å²) in [5.74, 6) is 0.858.